The molecule has 6 atom stereocenters. The third-order valence-corrected chi connectivity index (χ3v) is 10.6. The van der Waals surface area contributed by atoms with Crippen molar-refractivity contribution < 1.29 is 16.8 Å². The smallest absolute Gasteiger partial charge is 0 e. The molecule has 0 saturated heterocycles. The fraction of sp³-hybridized carbons (Fsp3) is 0.250. The van der Waals surface area contributed by atoms with E-state index in [2.05, 4.69) is 243 Å². The largest absolute Gasteiger partial charge is 0.147 e. The second-order valence-corrected chi connectivity index (χ2v) is 16.6. The van der Waals surface area contributed by atoms with E-state index in [1.807, 2.05) is 0 Å². The van der Waals surface area contributed by atoms with E-state index in [1.165, 1.54) is 65.2 Å². The van der Waals surface area contributed by atoms with Crippen LogP contribution in [0.2, 0.25) is 0 Å². The molecule has 0 saturated carbocycles. The summed E-state index contributed by atoms with van der Waals surface area (Å²) < 4.78 is 0. The Morgan fingerprint density at radius 3 is 0.373 bits per heavy atom. The molecule has 11 heteroatoms. The van der Waals surface area contributed by atoms with Gasteiger partial charge in [0.25, 0.3) is 0 Å². The van der Waals surface area contributed by atoms with E-state index in [1.54, 1.807) is 0 Å². The summed E-state index contributed by atoms with van der Waals surface area (Å²) in [5, 5.41) is 7.54. The molecule has 0 amide bonds. The van der Waals surface area contributed by atoms with E-state index in [4.69, 9.17) is 0 Å². The fourth-order valence-electron chi connectivity index (χ4n) is 4.52. The average molecular weight is 1030 g/mol. The SMILES string of the molecule is CCc1ccc(P)cc1.CCc1ccc(P)cc1.CCc1ccc(P)cc1.CCc1ccc(P)cc1.CCc1ccc(P)cc1.CCc1ccc(P)cc1.Cl.Cl.Cl.Cl.[Co]. The maximum Gasteiger partial charge on any atom is 0 e. The first-order valence-corrected chi connectivity index (χ1v) is 22.5. The predicted molar refractivity (Wildman–Crippen MR) is 300 cm³/mol. The minimum atomic E-state index is 0. The van der Waals surface area contributed by atoms with Crippen molar-refractivity contribution in [2.75, 3.05) is 0 Å². The van der Waals surface area contributed by atoms with Gasteiger partial charge in [-0.1, -0.05) is 187 Å². The second-order valence-electron chi connectivity index (χ2n) is 12.6. The van der Waals surface area contributed by atoms with Crippen molar-refractivity contribution in [1.82, 2.24) is 0 Å². The summed E-state index contributed by atoms with van der Waals surface area (Å²) in [7, 11) is 16.0. The molecule has 0 aliphatic carbocycles. The van der Waals surface area contributed by atoms with Crippen LogP contribution < -0.4 is 31.8 Å². The van der Waals surface area contributed by atoms with Crippen LogP contribution in [-0.2, 0) is 55.3 Å². The molecule has 6 aromatic carbocycles. The van der Waals surface area contributed by atoms with Gasteiger partial charge in [-0.05, 0) is 104 Å². The molecule has 329 valence electrons. The van der Waals surface area contributed by atoms with Gasteiger partial charge in [0.15, 0.2) is 0 Å². The van der Waals surface area contributed by atoms with Gasteiger partial charge < -0.3 is 0 Å². The van der Waals surface area contributed by atoms with Gasteiger partial charge in [-0.3, -0.25) is 0 Å². The van der Waals surface area contributed by atoms with Crippen molar-refractivity contribution >= 4 is 137 Å². The molecule has 59 heavy (non-hydrogen) atoms. The molecule has 0 heterocycles. The molecule has 0 aliphatic heterocycles. The number of hydrogen-bond donors (Lipinski definition) is 0. The van der Waals surface area contributed by atoms with E-state index in [-0.39, 0.29) is 66.4 Å². The van der Waals surface area contributed by atoms with Gasteiger partial charge in [0, 0.05) is 16.8 Å². The molecule has 6 rings (SSSR count). The molecule has 0 nitrogen and oxygen atoms in total. The molecule has 0 aromatic heterocycles. The average Bonchev–Trinajstić information content (AvgIpc) is 3.21. The van der Waals surface area contributed by atoms with E-state index in [9.17, 15) is 0 Å². The standard InChI is InChI=1S/6C8H11P.4ClH.Co/c6*1-2-7-3-5-8(9)6-4-7;;;;;/h6*3-6H,2,9H2,1H3;4*1H;. The minimum Gasteiger partial charge on any atom is -0.147 e. The van der Waals surface area contributed by atoms with Gasteiger partial charge in [0.2, 0.25) is 0 Å². The Kier molecular flexibility index (Phi) is 49.1. The van der Waals surface area contributed by atoms with Crippen LogP contribution in [0.3, 0.4) is 0 Å². The molecule has 0 N–H and O–H groups in total. The molecule has 6 aromatic rings. The Morgan fingerprint density at radius 2 is 0.305 bits per heavy atom. The first-order chi connectivity index (χ1) is 26.0. The summed E-state index contributed by atoms with van der Waals surface area (Å²) >= 11 is 0. The third-order valence-electron chi connectivity index (χ3n) is 8.33. The van der Waals surface area contributed by atoms with Gasteiger partial charge >= 0.3 is 0 Å². The maximum atomic E-state index is 2.67. The third kappa shape index (κ3) is 34.7. The Bertz CT molecular complexity index is 1440. The second kappa shape index (κ2) is 42.8. The Morgan fingerprint density at radius 1 is 0.220 bits per heavy atom. The summed E-state index contributed by atoms with van der Waals surface area (Å²) in [5.41, 5.74) is 8.42. The summed E-state index contributed by atoms with van der Waals surface area (Å²) in [4.78, 5) is 0. The van der Waals surface area contributed by atoms with Crippen molar-refractivity contribution in [3.8, 4) is 0 Å². The number of halogens is 4. The van der Waals surface area contributed by atoms with Gasteiger partial charge in [-0.2, -0.15) is 0 Å². The topological polar surface area (TPSA) is 0 Å². The molecular weight excluding hydrogens is 963 g/mol. The first kappa shape index (κ1) is 67.6. The molecule has 0 bridgehead atoms. The molecule has 0 spiro atoms. The van der Waals surface area contributed by atoms with Crippen molar-refractivity contribution in [3.63, 3.8) is 0 Å². The van der Waals surface area contributed by atoms with Gasteiger partial charge in [-0.25, -0.2) is 0 Å². The van der Waals surface area contributed by atoms with Gasteiger partial charge in [0.1, 0.15) is 0 Å². The van der Waals surface area contributed by atoms with Crippen LogP contribution in [0.5, 0.6) is 0 Å². The summed E-state index contributed by atoms with van der Waals surface area (Å²) in [5.74, 6) is 0. The van der Waals surface area contributed by atoms with E-state index in [0.29, 0.717) is 0 Å². The zero-order chi connectivity index (χ0) is 40.1. The predicted octanol–water partition coefficient (Wildman–Crippen LogP) is 12.2. The number of hydrogen-bond acceptors (Lipinski definition) is 0. The van der Waals surface area contributed by atoms with Crippen molar-refractivity contribution in [3.05, 3.63) is 179 Å². The van der Waals surface area contributed by atoms with Crippen LogP contribution in [0.4, 0.5) is 0 Å². The number of benzene rings is 6. The van der Waals surface area contributed by atoms with Gasteiger partial charge in [-0.15, -0.1) is 105 Å². The van der Waals surface area contributed by atoms with Crippen LogP contribution in [0, 0.1) is 0 Å². The van der Waals surface area contributed by atoms with Crippen LogP contribution in [0.25, 0.3) is 0 Å². The normalized spacial score (nSPS) is 8.75. The van der Waals surface area contributed by atoms with Crippen LogP contribution in [-0.4, -0.2) is 0 Å². The summed E-state index contributed by atoms with van der Waals surface area (Å²) in [6, 6.07) is 51.2. The van der Waals surface area contributed by atoms with Crippen molar-refractivity contribution in [2.45, 2.75) is 80.1 Å². The van der Waals surface area contributed by atoms with Crippen molar-refractivity contribution in [1.29, 1.82) is 0 Å². The Balaban J connectivity index is -0.000000194. The zero-order valence-electron chi connectivity index (χ0n) is 35.5. The van der Waals surface area contributed by atoms with Crippen LogP contribution in [0.1, 0.15) is 74.9 Å². The molecule has 0 fully saturated rings. The zero-order valence-corrected chi connectivity index (χ0v) is 46.8. The van der Waals surface area contributed by atoms with Crippen LogP contribution in [0.15, 0.2) is 146 Å². The maximum absolute atomic E-state index is 2.67. The van der Waals surface area contributed by atoms with E-state index >= 15 is 0 Å². The Labute approximate surface area is 409 Å². The fourth-order valence-corrected chi connectivity index (χ4v) is 5.67. The van der Waals surface area contributed by atoms with Crippen LogP contribution >= 0.6 is 105 Å². The number of aryl methyl sites for hydroxylation is 6. The number of rotatable bonds is 6. The first-order valence-electron chi connectivity index (χ1n) is 19.0. The van der Waals surface area contributed by atoms with E-state index in [0.717, 1.165) is 38.5 Å². The molecular formula is C48H70Cl4CoP6. The quantitative estimate of drug-likeness (QED) is 0.146. The Hall–Kier alpha value is -0.434. The van der Waals surface area contributed by atoms with Crippen molar-refractivity contribution in [2.24, 2.45) is 0 Å². The minimum absolute atomic E-state index is 0. The molecule has 6 unspecified atom stereocenters. The molecule has 1 radical (unpaired) electrons. The monoisotopic (exact) mass is 1030 g/mol. The summed E-state index contributed by atoms with van der Waals surface area (Å²) in [6.07, 6.45) is 6.78. The summed E-state index contributed by atoms with van der Waals surface area (Å²) in [6.45, 7) is 13.0. The van der Waals surface area contributed by atoms with Gasteiger partial charge in [0.05, 0.1) is 0 Å². The molecule has 0 aliphatic rings. The van der Waals surface area contributed by atoms with E-state index < -0.39 is 0 Å².